The second-order valence-corrected chi connectivity index (χ2v) is 5.38. The third-order valence-electron chi connectivity index (χ3n) is 3.19. The molecule has 2 unspecified atom stereocenters. The Hall–Kier alpha value is -1.13. The van der Waals surface area contributed by atoms with E-state index in [9.17, 15) is 9.50 Å². The molecule has 0 radical (unpaired) electrons. The molecular formula is C15H14Cl2FNO. The van der Waals surface area contributed by atoms with Gasteiger partial charge < -0.3 is 10.8 Å². The van der Waals surface area contributed by atoms with Gasteiger partial charge >= 0.3 is 0 Å². The fraction of sp³-hybridized carbons (Fsp3) is 0.200. The Morgan fingerprint density at radius 1 is 1.10 bits per heavy atom. The zero-order valence-electron chi connectivity index (χ0n) is 10.6. The van der Waals surface area contributed by atoms with Gasteiger partial charge in [0.2, 0.25) is 0 Å². The summed E-state index contributed by atoms with van der Waals surface area (Å²) in [5.74, 6) is -0.991. The highest BCUT2D eigenvalue weighted by Crippen LogP contribution is 2.33. The summed E-state index contributed by atoms with van der Waals surface area (Å²) in [5, 5.41) is 11.2. The van der Waals surface area contributed by atoms with Gasteiger partial charge in [0.05, 0.1) is 6.10 Å². The number of aliphatic hydroxyl groups is 1. The van der Waals surface area contributed by atoms with Crippen molar-refractivity contribution < 1.29 is 9.50 Å². The molecule has 0 aromatic heterocycles. The summed E-state index contributed by atoms with van der Waals surface area (Å²) in [5.41, 5.74) is 6.66. The number of rotatable bonds is 4. The molecule has 0 heterocycles. The average molecular weight is 314 g/mol. The first kappa shape index (κ1) is 15.3. The summed E-state index contributed by atoms with van der Waals surface area (Å²) >= 11 is 11.6. The molecule has 0 spiro atoms. The van der Waals surface area contributed by atoms with Gasteiger partial charge in [-0.1, -0.05) is 41.4 Å². The lowest BCUT2D eigenvalue weighted by atomic mass is 9.89. The maximum atomic E-state index is 13.9. The number of hydrogen-bond donors (Lipinski definition) is 2. The number of halogens is 3. The smallest absolute Gasteiger partial charge is 0.130 e. The predicted molar refractivity (Wildman–Crippen MR) is 79.6 cm³/mol. The highest BCUT2D eigenvalue weighted by Gasteiger charge is 2.24. The molecule has 2 atom stereocenters. The van der Waals surface area contributed by atoms with Gasteiger partial charge in [0, 0.05) is 28.1 Å². The Bertz CT molecular complexity index is 606. The molecule has 2 aromatic carbocycles. The monoisotopic (exact) mass is 313 g/mol. The van der Waals surface area contributed by atoms with Crippen molar-refractivity contribution in [3.63, 3.8) is 0 Å². The summed E-state index contributed by atoms with van der Waals surface area (Å²) in [6.07, 6.45) is -1.06. The highest BCUT2D eigenvalue weighted by atomic mass is 35.5. The Kier molecular flexibility index (Phi) is 5.00. The van der Waals surface area contributed by atoms with Crippen molar-refractivity contribution in [2.24, 2.45) is 5.73 Å². The molecule has 106 valence electrons. The molecule has 0 amide bonds. The molecule has 5 heteroatoms. The topological polar surface area (TPSA) is 46.2 Å². The summed E-state index contributed by atoms with van der Waals surface area (Å²) in [4.78, 5) is 0. The van der Waals surface area contributed by atoms with Gasteiger partial charge in [-0.3, -0.25) is 0 Å². The van der Waals surface area contributed by atoms with Crippen LogP contribution in [-0.2, 0) is 0 Å². The van der Waals surface area contributed by atoms with Crippen LogP contribution in [-0.4, -0.2) is 11.7 Å². The molecule has 20 heavy (non-hydrogen) atoms. The molecule has 0 saturated carbocycles. The van der Waals surface area contributed by atoms with Crippen LogP contribution in [0.5, 0.6) is 0 Å². The van der Waals surface area contributed by atoms with E-state index >= 15 is 0 Å². The summed E-state index contributed by atoms with van der Waals surface area (Å²) in [6, 6.07) is 11.2. The van der Waals surface area contributed by atoms with Gasteiger partial charge in [0.25, 0.3) is 0 Å². The Morgan fingerprint density at radius 2 is 1.80 bits per heavy atom. The lowest BCUT2D eigenvalue weighted by Gasteiger charge is -2.23. The van der Waals surface area contributed by atoms with E-state index in [-0.39, 0.29) is 17.1 Å². The van der Waals surface area contributed by atoms with Crippen molar-refractivity contribution in [1.82, 2.24) is 0 Å². The standard InChI is InChI=1S/C15H14Cl2FNO/c16-10-3-1-2-9(6-10)13(8-19)15(20)12-5-4-11(17)7-14(12)18/h1-7,13,15,20H,8,19H2. The molecule has 0 bridgehead atoms. The van der Waals surface area contributed by atoms with Gasteiger partial charge in [-0.15, -0.1) is 0 Å². The number of nitrogens with two attached hydrogens (primary N) is 1. The summed E-state index contributed by atoms with van der Waals surface area (Å²) < 4.78 is 13.9. The van der Waals surface area contributed by atoms with Gasteiger partial charge in [-0.25, -0.2) is 4.39 Å². The van der Waals surface area contributed by atoms with Crippen LogP contribution in [0.2, 0.25) is 10.0 Å². The minimum atomic E-state index is -1.06. The van der Waals surface area contributed by atoms with E-state index in [1.54, 1.807) is 24.3 Å². The SMILES string of the molecule is NCC(c1cccc(Cl)c1)C(O)c1ccc(Cl)cc1F. The lowest BCUT2D eigenvalue weighted by Crippen LogP contribution is -2.21. The van der Waals surface area contributed by atoms with Crippen LogP contribution in [0.15, 0.2) is 42.5 Å². The molecular weight excluding hydrogens is 300 g/mol. The first-order valence-electron chi connectivity index (χ1n) is 6.11. The molecule has 2 nitrogen and oxygen atoms in total. The second kappa shape index (κ2) is 6.55. The van der Waals surface area contributed by atoms with E-state index in [2.05, 4.69) is 0 Å². The van der Waals surface area contributed by atoms with E-state index in [4.69, 9.17) is 28.9 Å². The van der Waals surface area contributed by atoms with Crippen LogP contribution >= 0.6 is 23.2 Å². The molecule has 0 aliphatic heterocycles. The summed E-state index contributed by atoms with van der Waals surface area (Å²) in [7, 11) is 0. The maximum absolute atomic E-state index is 13.9. The van der Waals surface area contributed by atoms with Crippen molar-refractivity contribution >= 4 is 23.2 Å². The van der Waals surface area contributed by atoms with Crippen molar-refractivity contribution in [1.29, 1.82) is 0 Å². The van der Waals surface area contributed by atoms with Crippen LogP contribution in [0.1, 0.15) is 23.1 Å². The molecule has 0 aliphatic rings. The molecule has 0 aliphatic carbocycles. The van der Waals surface area contributed by atoms with E-state index in [0.717, 1.165) is 5.56 Å². The highest BCUT2D eigenvalue weighted by molar-refractivity contribution is 6.30. The average Bonchev–Trinajstić information content (AvgIpc) is 2.39. The van der Waals surface area contributed by atoms with Crippen LogP contribution in [0.3, 0.4) is 0 Å². The molecule has 0 fully saturated rings. The zero-order chi connectivity index (χ0) is 14.7. The van der Waals surface area contributed by atoms with Crippen molar-refractivity contribution in [3.8, 4) is 0 Å². The quantitative estimate of drug-likeness (QED) is 0.899. The predicted octanol–water partition coefficient (Wildman–Crippen LogP) is 3.91. The Balaban J connectivity index is 2.36. The number of hydrogen-bond acceptors (Lipinski definition) is 2. The molecule has 3 N–H and O–H groups in total. The van der Waals surface area contributed by atoms with Gasteiger partial charge in [-0.05, 0) is 29.8 Å². The van der Waals surface area contributed by atoms with E-state index < -0.39 is 17.8 Å². The van der Waals surface area contributed by atoms with Crippen molar-refractivity contribution in [2.45, 2.75) is 12.0 Å². The van der Waals surface area contributed by atoms with Gasteiger partial charge in [-0.2, -0.15) is 0 Å². The fourth-order valence-corrected chi connectivity index (χ4v) is 2.50. The van der Waals surface area contributed by atoms with E-state index in [1.807, 2.05) is 0 Å². The molecule has 2 aromatic rings. The first-order valence-corrected chi connectivity index (χ1v) is 6.87. The van der Waals surface area contributed by atoms with Crippen molar-refractivity contribution in [2.75, 3.05) is 6.54 Å². The second-order valence-electron chi connectivity index (χ2n) is 4.51. The lowest BCUT2D eigenvalue weighted by molar-refractivity contribution is 0.143. The van der Waals surface area contributed by atoms with E-state index in [0.29, 0.717) is 5.02 Å². The number of aliphatic hydroxyl groups excluding tert-OH is 1. The van der Waals surface area contributed by atoms with Crippen LogP contribution in [0.4, 0.5) is 4.39 Å². The fourth-order valence-electron chi connectivity index (χ4n) is 2.14. The normalized spacial score (nSPS) is 14.1. The minimum absolute atomic E-state index is 0.170. The largest absolute Gasteiger partial charge is 0.388 e. The zero-order valence-corrected chi connectivity index (χ0v) is 12.1. The molecule has 2 rings (SSSR count). The van der Waals surface area contributed by atoms with Crippen LogP contribution < -0.4 is 5.73 Å². The third-order valence-corrected chi connectivity index (χ3v) is 3.66. The van der Waals surface area contributed by atoms with Gasteiger partial charge in [0.1, 0.15) is 5.82 Å². The van der Waals surface area contributed by atoms with Crippen LogP contribution in [0.25, 0.3) is 0 Å². The van der Waals surface area contributed by atoms with Crippen molar-refractivity contribution in [3.05, 3.63) is 69.5 Å². The third kappa shape index (κ3) is 3.30. The summed E-state index contributed by atoms with van der Waals surface area (Å²) in [6.45, 7) is 0.170. The minimum Gasteiger partial charge on any atom is -0.388 e. The Morgan fingerprint density at radius 3 is 2.40 bits per heavy atom. The van der Waals surface area contributed by atoms with Gasteiger partial charge in [0.15, 0.2) is 0 Å². The van der Waals surface area contributed by atoms with Crippen LogP contribution in [0, 0.1) is 5.82 Å². The molecule has 0 saturated heterocycles. The maximum Gasteiger partial charge on any atom is 0.130 e. The van der Waals surface area contributed by atoms with E-state index in [1.165, 1.54) is 18.2 Å². The number of benzene rings is 2. The Labute approximate surface area is 126 Å². The first-order chi connectivity index (χ1) is 9.52.